The number of amidine groups is 1. The summed E-state index contributed by atoms with van der Waals surface area (Å²) in [5.41, 5.74) is 1.12. The van der Waals surface area contributed by atoms with Crippen LogP contribution in [-0.4, -0.2) is 23.9 Å². The molecule has 0 aliphatic carbocycles. The summed E-state index contributed by atoms with van der Waals surface area (Å²) in [5.74, 6) is 0.987. The van der Waals surface area contributed by atoms with Crippen molar-refractivity contribution >= 4 is 5.84 Å². The number of hydrogen-bond donors (Lipinski definition) is 1. The Labute approximate surface area is 91.7 Å². The Balaban J connectivity index is 2.72. The molecule has 0 amide bonds. The maximum Gasteiger partial charge on any atom is 0.128 e. The average molecular weight is 205 g/mol. The number of rotatable bonds is 5. The zero-order chi connectivity index (χ0) is 10.9. The van der Waals surface area contributed by atoms with Gasteiger partial charge in [0.2, 0.25) is 0 Å². The predicted molar refractivity (Wildman–Crippen MR) is 64.2 cm³/mol. The Hall–Kier alpha value is -1.38. The first kappa shape index (κ1) is 11.7. The van der Waals surface area contributed by atoms with Gasteiger partial charge in [0, 0.05) is 31.0 Å². The molecule has 0 aliphatic rings. The quantitative estimate of drug-likeness (QED) is 0.591. The molecule has 0 saturated carbocycles. The number of aliphatic imine (C=N–C) groups is 1. The first-order valence-corrected chi connectivity index (χ1v) is 5.57. The third kappa shape index (κ3) is 4.11. The van der Waals surface area contributed by atoms with E-state index in [9.17, 15) is 0 Å². The van der Waals surface area contributed by atoms with Crippen LogP contribution in [-0.2, 0) is 0 Å². The van der Waals surface area contributed by atoms with Gasteiger partial charge in [-0.3, -0.25) is 9.98 Å². The van der Waals surface area contributed by atoms with Crippen LogP contribution < -0.4 is 5.32 Å². The second-order valence-electron chi connectivity index (χ2n) is 3.39. The minimum atomic E-state index is 0.869. The second-order valence-corrected chi connectivity index (χ2v) is 3.39. The van der Waals surface area contributed by atoms with Crippen LogP contribution >= 0.6 is 0 Å². The van der Waals surface area contributed by atoms with E-state index in [0.717, 1.165) is 37.3 Å². The van der Waals surface area contributed by atoms with E-state index >= 15 is 0 Å². The van der Waals surface area contributed by atoms with Crippen LogP contribution in [0, 0.1) is 0 Å². The van der Waals surface area contributed by atoms with Gasteiger partial charge in [0.1, 0.15) is 5.84 Å². The molecule has 3 nitrogen and oxygen atoms in total. The lowest BCUT2D eigenvalue weighted by Gasteiger charge is -2.08. The standard InChI is InChI=1S/C12H19N3/c1-3-7-14-12(15-8-4-2)11-5-9-13-10-6-11/h5-6,9-10H,3-4,7-8H2,1-2H3,(H,14,15). The summed E-state index contributed by atoms with van der Waals surface area (Å²) >= 11 is 0. The van der Waals surface area contributed by atoms with Crippen molar-refractivity contribution in [3.05, 3.63) is 30.1 Å². The molecule has 0 aromatic carbocycles. The molecule has 1 heterocycles. The van der Waals surface area contributed by atoms with Gasteiger partial charge in [-0.2, -0.15) is 0 Å². The lowest BCUT2D eigenvalue weighted by molar-refractivity contribution is 0.827. The highest BCUT2D eigenvalue weighted by Crippen LogP contribution is 1.98. The zero-order valence-electron chi connectivity index (χ0n) is 9.53. The lowest BCUT2D eigenvalue weighted by Crippen LogP contribution is -2.25. The van der Waals surface area contributed by atoms with Crippen molar-refractivity contribution in [2.24, 2.45) is 4.99 Å². The molecule has 0 saturated heterocycles. The highest BCUT2D eigenvalue weighted by molar-refractivity contribution is 5.98. The first-order valence-electron chi connectivity index (χ1n) is 5.57. The Kier molecular flexibility index (Phi) is 5.44. The number of nitrogens with zero attached hydrogens (tertiary/aromatic N) is 2. The largest absolute Gasteiger partial charge is 0.370 e. The van der Waals surface area contributed by atoms with Crippen molar-refractivity contribution in [3.8, 4) is 0 Å². The monoisotopic (exact) mass is 205 g/mol. The zero-order valence-corrected chi connectivity index (χ0v) is 9.53. The summed E-state index contributed by atoms with van der Waals surface area (Å²) in [6.45, 7) is 6.11. The van der Waals surface area contributed by atoms with Gasteiger partial charge >= 0.3 is 0 Å². The van der Waals surface area contributed by atoms with Gasteiger partial charge in [-0.25, -0.2) is 0 Å². The minimum Gasteiger partial charge on any atom is -0.370 e. The molecule has 1 aromatic rings. The molecule has 0 spiro atoms. The molecule has 1 rings (SSSR count). The van der Waals surface area contributed by atoms with Crippen molar-refractivity contribution in [2.75, 3.05) is 13.1 Å². The highest BCUT2D eigenvalue weighted by Gasteiger charge is 2.00. The van der Waals surface area contributed by atoms with Crippen LogP contribution in [0.2, 0.25) is 0 Å². The summed E-state index contributed by atoms with van der Waals surface area (Å²) in [7, 11) is 0. The van der Waals surface area contributed by atoms with E-state index in [4.69, 9.17) is 0 Å². The summed E-state index contributed by atoms with van der Waals surface area (Å²) in [6, 6.07) is 3.97. The van der Waals surface area contributed by atoms with Crippen LogP contribution in [0.4, 0.5) is 0 Å². The van der Waals surface area contributed by atoms with E-state index < -0.39 is 0 Å². The van der Waals surface area contributed by atoms with E-state index in [-0.39, 0.29) is 0 Å². The normalized spacial score (nSPS) is 11.5. The molecular formula is C12H19N3. The van der Waals surface area contributed by atoms with E-state index in [1.54, 1.807) is 12.4 Å². The molecule has 3 heteroatoms. The maximum absolute atomic E-state index is 4.53. The fraction of sp³-hybridized carbons (Fsp3) is 0.500. The Bertz CT molecular complexity index is 293. The molecule has 82 valence electrons. The molecule has 0 radical (unpaired) electrons. The van der Waals surface area contributed by atoms with Gasteiger partial charge in [0.25, 0.3) is 0 Å². The van der Waals surface area contributed by atoms with Gasteiger partial charge in [0.15, 0.2) is 0 Å². The smallest absolute Gasteiger partial charge is 0.128 e. The van der Waals surface area contributed by atoms with E-state index in [2.05, 4.69) is 29.1 Å². The molecule has 1 N–H and O–H groups in total. The third-order valence-electron chi connectivity index (χ3n) is 1.99. The Morgan fingerprint density at radius 1 is 1.27 bits per heavy atom. The summed E-state index contributed by atoms with van der Waals surface area (Å²) in [5, 5.41) is 3.34. The molecule has 0 atom stereocenters. The predicted octanol–water partition coefficient (Wildman–Crippen LogP) is 2.24. The molecule has 0 unspecified atom stereocenters. The maximum atomic E-state index is 4.53. The lowest BCUT2D eigenvalue weighted by atomic mass is 10.2. The van der Waals surface area contributed by atoms with Gasteiger partial charge in [-0.15, -0.1) is 0 Å². The van der Waals surface area contributed by atoms with Crippen molar-refractivity contribution in [3.63, 3.8) is 0 Å². The molecule has 1 aromatic heterocycles. The van der Waals surface area contributed by atoms with E-state index in [0.29, 0.717) is 0 Å². The first-order chi connectivity index (χ1) is 7.38. The van der Waals surface area contributed by atoms with Crippen molar-refractivity contribution in [2.45, 2.75) is 26.7 Å². The molecule has 0 bridgehead atoms. The summed E-state index contributed by atoms with van der Waals surface area (Å²) < 4.78 is 0. The van der Waals surface area contributed by atoms with E-state index in [1.807, 2.05) is 12.1 Å². The molecular weight excluding hydrogens is 186 g/mol. The SMILES string of the molecule is CCCN=C(NCCC)c1ccncc1. The van der Waals surface area contributed by atoms with Gasteiger partial charge < -0.3 is 5.32 Å². The second kappa shape index (κ2) is 6.98. The number of nitrogens with one attached hydrogen (secondary N) is 1. The van der Waals surface area contributed by atoms with Crippen molar-refractivity contribution in [1.82, 2.24) is 10.3 Å². The van der Waals surface area contributed by atoms with Crippen LogP contribution in [0.25, 0.3) is 0 Å². The number of pyridine rings is 1. The Morgan fingerprint density at radius 3 is 2.60 bits per heavy atom. The molecule has 0 aliphatic heterocycles. The van der Waals surface area contributed by atoms with Crippen molar-refractivity contribution < 1.29 is 0 Å². The number of aromatic nitrogens is 1. The minimum absolute atomic E-state index is 0.869. The van der Waals surface area contributed by atoms with Crippen LogP contribution in [0.15, 0.2) is 29.5 Å². The van der Waals surface area contributed by atoms with E-state index in [1.165, 1.54) is 0 Å². The van der Waals surface area contributed by atoms with Crippen molar-refractivity contribution in [1.29, 1.82) is 0 Å². The molecule has 0 fully saturated rings. The number of hydrogen-bond acceptors (Lipinski definition) is 2. The summed E-state index contributed by atoms with van der Waals surface area (Å²) in [6.07, 6.45) is 5.77. The summed E-state index contributed by atoms with van der Waals surface area (Å²) in [4.78, 5) is 8.53. The topological polar surface area (TPSA) is 37.3 Å². The average Bonchev–Trinajstić information content (AvgIpc) is 2.30. The van der Waals surface area contributed by atoms with Crippen LogP contribution in [0.1, 0.15) is 32.3 Å². The third-order valence-corrected chi connectivity index (χ3v) is 1.99. The van der Waals surface area contributed by atoms with Crippen LogP contribution in [0.3, 0.4) is 0 Å². The van der Waals surface area contributed by atoms with Gasteiger partial charge in [0.05, 0.1) is 0 Å². The van der Waals surface area contributed by atoms with Gasteiger partial charge in [-0.05, 0) is 25.0 Å². The fourth-order valence-electron chi connectivity index (χ4n) is 1.23. The van der Waals surface area contributed by atoms with Gasteiger partial charge in [-0.1, -0.05) is 13.8 Å². The molecule has 15 heavy (non-hydrogen) atoms. The fourth-order valence-corrected chi connectivity index (χ4v) is 1.23. The Morgan fingerprint density at radius 2 is 2.00 bits per heavy atom. The van der Waals surface area contributed by atoms with Crippen LogP contribution in [0.5, 0.6) is 0 Å². The highest BCUT2D eigenvalue weighted by atomic mass is 15.0.